The molecule has 0 saturated heterocycles. The van der Waals surface area contributed by atoms with Gasteiger partial charge in [-0.15, -0.1) is 0 Å². The fraction of sp³-hybridized carbons (Fsp3) is 0.400. The number of ether oxygens (including phenoxy) is 1. The van der Waals surface area contributed by atoms with Crippen LogP contribution < -0.4 is 10.1 Å². The molecule has 2 aromatic rings. The Morgan fingerprint density at radius 1 is 1.33 bits per heavy atom. The molecule has 3 nitrogen and oxygen atoms in total. The number of rotatable bonds is 5. The molecule has 0 amide bonds. The van der Waals surface area contributed by atoms with E-state index < -0.39 is 0 Å². The van der Waals surface area contributed by atoms with Crippen LogP contribution in [0.15, 0.2) is 30.3 Å². The van der Waals surface area contributed by atoms with E-state index in [9.17, 15) is 0 Å². The second kappa shape index (κ2) is 5.83. The molecular weight excluding hydrogens is 224 g/mol. The molecule has 1 atom stereocenters. The Balaban J connectivity index is 2.46. The summed E-state index contributed by atoms with van der Waals surface area (Å²) in [4.78, 5) is 4.62. The Kier molecular flexibility index (Phi) is 4.15. The van der Waals surface area contributed by atoms with Gasteiger partial charge in [-0.2, -0.15) is 0 Å². The summed E-state index contributed by atoms with van der Waals surface area (Å²) in [6.07, 6.45) is 1.22. The van der Waals surface area contributed by atoms with Gasteiger partial charge in [0.2, 0.25) is 0 Å². The maximum atomic E-state index is 6.00. The van der Waals surface area contributed by atoms with Gasteiger partial charge >= 0.3 is 0 Å². The molecule has 1 N–H and O–H groups in total. The maximum absolute atomic E-state index is 6.00. The predicted molar refractivity (Wildman–Crippen MR) is 74.9 cm³/mol. The van der Waals surface area contributed by atoms with E-state index in [2.05, 4.69) is 30.2 Å². The highest BCUT2D eigenvalue weighted by atomic mass is 16.5. The first-order valence-electron chi connectivity index (χ1n) is 6.44. The highest BCUT2D eigenvalue weighted by Crippen LogP contribution is 2.26. The normalized spacial score (nSPS) is 12.6. The predicted octanol–water partition coefficient (Wildman–Crippen LogP) is 3.13. The topological polar surface area (TPSA) is 34.1 Å². The standard InChI is InChI=1S/C15H20N2O/c1-4-11(2)18-15-9-12(10-16-3)17-14-8-6-5-7-13(14)15/h5-9,11,16H,4,10H2,1-3H3. The van der Waals surface area contributed by atoms with Crippen LogP contribution in [-0.2, 0) is 6.54 Å². The summed E-state index contributed by atoms with van der Waals surface area (Å²) in [5, 5.41) is 4.21. The molecule has 1 aromatic carbocycles. The molecule has 0 aliphatic rings. The molecule has 0 aliphatic carbocycles. The minimum Gasteiger partial charge on any atom is -0.490 e. The van der Waals surface area contributed by atoms with Crippen molar-refractivity contribution in [2.75, 3.05) is 7.05 Å². The first-order chi connectivity index (χ1) is 8.74. The van der Waals surface area contributed by atoms with Crippen molar-refractivity contribution in [2.24, 2.45) is 0 Å². The van der Waals surface area contributed by atoms with Gasteiger partial charge in [0.1, 0.15) is 5.75 Å². The lowest BCUT2D eigenvalue weighted by atomic mass is 10.1. The van der Waals surface area contributed by atoms with Crippen LogP contribution in [0, 0.1) is 0 Å². The van der Waals surface area contributed by atoms with Crippen molar-refractivity contribution in [1.29, 1.82) is 0 Å². The van der Waals surface area contributed by atoms with Crippen LogP contribution >= 0.6 is 0 Å². The summed E-state index contributed by atoms with van der Waals surface area (Å²) in [5.74, 6) is 0.931. The Morgan fingerprint density at radius 3 is 2.83 bits per heavy atom. The number of fused-ring (bicyclic) bond motifs is 1. The lowest BCUT2D eigenvalue weighted by Crippen LogP contribution is -2.12. The van der Waals surface area contributed by atoms with Crippen molar-refractivity contribution in [2.45, 2.75) is 32.9 Å². The third-order valence-corrected chi connectivity index (χ3v) is 2.99. The van der Waals surface area contributed by atoms with Gasteiger partial charge in [0.15, 0.2) is 0 Å². The lowest BCUT2D eigenvalue weighted by molar-refractivity contribution is 0.220. The number of para-hydroxylation sites is 1. The number of hydrogen-bond acceptors (Lipinski definition) is 3. The quantitative estimate of drug-likeness (QED) is 0.877. The van der Waals surface area contributed by atoms with Crippen molar-refractivity contribution < 1.29 is 4.74 Å². The zero-order chi connectivity index (χ0) is 13.0. The van der Waals surface area contributed by atoms with E-state index in [1.807, 2.05) is 31.3 Å². The average molecular weight is 244 g/mol. The van der Waals surface area contributed by atoms with Crippen LogP contribution in [0.25, 0.3) is 10.9 Å². The third-order valence-electron chi connectivity index (χ3n) is 2.99. The van der Waals surface area contributed by atoms with Crippen LogP contribution in [0.2, 0.25) is 0 Å². The van der Waals surface area contributed by atoms with Gasteiger partial charge in [0, 0.05) is 18.0 Å². The largest absolute Gasteiger partial charge is 0.490 e. The maximum Gasteiger partial charge on any atom is 0.130 e. The average Bonchev–Trinajstić information content (AvgIpc) is 2.39. The van der Waals surface area contributed by atoms with E-state index in [-0.39, 0.29) is 6.10 Å². The van der Waals surface area contributed by atoms with E-state index in [1.165, 1.54) is 0 Å². The number of nitrogens with zero attached hydrogens (tertiary/aromatic N) is 1. The molecule has 1 aromatic heterocycles. The van der Waals surface area contributed by atoms with Crippen LogP contribution in [0.4, 0.5) is 0 Å². The van der Waals surface area contributed by atoms with Crippen molar-refractivity contribution in [3.8, 4) is 5.75 Å². The van der Waals surface area contributed by atoms with Crippen LogP contribution in [0.5, 0.6) is 5.75 Å². The molecule has 0 bridgehead atoms. The van der Waals surface area contributed by atoms with Crippen molar-refractivity contribution in [3.05, 3.63) is 36.0 Å². The monoisotopic (exact) mass is 244 g/mol. The van der Waals surface area contributed by atoms with Gasteiger partial charge in [0.05, 0.1) is 17.3 Å². The Bertz CT molecular complexity index is 525. The van der Waals surface area contributed by atoms with Crippen LogP contribution in [-0.4, -0.2) is 18.1 Å². The molecule has 0 spiro atoms. The summed E-state index contributed by atoms with van der Waals surface area (Å²) in [6.45, 7) is 4.97. The second-order valence-corrected chi connectivity index (χ2v) is 4.50. The zero-order valence-electron chi connectivity index (χ0n) is 11.2. The van der Waals surface area contributed by atoms with Gasteiger partial charge in [0.25, 0.3) is 0 Å². The molecule has 0 fully saturated rings. The van der Waals surface area contributed by atoms with Gasteiger partial charge in [-0.1, -0.05) is 19.1 Å². The van der Waals surface area contributed by atoms with E-state index in [0.29, 0.717) is 0 Å². The first kappa shape index (κ1) is 12.8. The van der Waals surface area contributed by atoms with E-state index in [4.69, 9.17) is 4.74 Å². The number of pyridine rings is 1. The highest BCUT2D eigenvalue weighted by molar-refractivity contribution is 5.85. The molecule has 1 unspecified atom stereocenters. The SMILES string of the molecule is CCC(C)Oc1cc(CNC)nc2ccccc12. The Labute approximate surface area is 108 Å². The number of nitrogens with one attached hydrogen (secondary N) is 1. The van der Waals surface area contributed by atoms with Crippen molar-refractivity contribution in [1.82, 2.24) is 10.3 Å². The summed E-state index contributed by atoms with van der Waals surface area (Å²) < 4.78 is 6.00. The minimum absolute atomic E-state index is 0.221. The second-order valence-electron chi connectivity index (χ2n) is 4.50. The summed E-state index contributed by atoms with van der Waals surface area (Å²) in [5.41, 5.74) is 2.00. The van der Waals surface area contributed by atoms with Gasteiger partial charge < -0.3 is 10.1 Å². The molecule has 3 heteroatoms. The lowest BCUT2D eigenvalue weighted by Gasteiger charge is -2.15. The van der Waals surface area contributed by atoms with E-state index >= 15 is 0 Å². The highest BCUT2D eigenvalue weighted by Gasteiger charge is 2.08. The molecule has 1 heterocycles. The van der Waals surface area contributed by atoms with Crippen molar-refractivity contribution >= 4 is 10.9 Å². The molecule has 0 radical (unpaired) electrons. The molecule has 18 heavy (non-hydrogen) atoms. The zero-order valence-corrected chi connectivity index (χ0v) is 11.2. The van der Waals surface area contributed by atoms with E-state index in [1.54, 1.807) is 0 Å². The Hall–Kier alpha value is -1.61. The van der Waals surface area contributed by atoms with Gasteiger partial charge in [-0.05, 0) is 32.5 Å². The molecule has 96 valence electrons. The van der Waals surface area contributed by atoms with Crippen LogP contribution in [0.1, 0.15) is 26.0 Å². The molecule has 2 rings (SSSR count). The summed E-state index contributed by atoms with van der Waals surface area (Å²) in [7, 11) is 1.92. The fourth-order valence-corrected chi connectivity index (χ4v) is 1.86. The molecule has 0 aliphatic heterocycles. The molecule has 0 saturated carbocycles. The first-order valence-corrected chi connectivity index (χ1v) is 6.44. The number of benzene rings is 1. The molecular formula is C15H20N2O. The smallest absolute Gasteiger partial charge is 0.130 e. The van der Waals surface area contributed by atoms with Gasteiger partial charge in [-0.3, -0.25) is 4.98 Å². The Morgan fingerprint density at radius 2 is 2.11 bits per heavy atom. The third kappa shape index (κ3) is 2.79. The van der Waals surface area contributed by atoms with Crippen molar-refractivity contribution in [3.63, 3.8) is 0 Å². The summed E-state index contributed by atoms with van der Waals surface area (Å²) in [6, 6.07) is 10.1. The van der Waals surface area contributed by atoms with Gasteiger partial charge in [-0.25, -0.2) is 0 Å². The number of hydrogen-bond donors (Lipinski definition) is 1. The van der Waals surface area contributed by atoms with Crippen LogP contribution in [0.3, 0.4) is 0 Å². The fourth-order valence-electron chi connectivity index (χ4n) is 1.86. The summed E-state index contributed by atoms with van der Waals surface area (Å²) >= 11 is 0. The minimum atomic E-state index is 0.221. The number of aromatic nitrogens is 1. The van der Waals surface area contributed by atoms with E-state index in [0.717, 1.165) is 35.3 Å².